The molecule has 1 heterocycles. The van der Waals surface area contributed by atoms with Crippen LogP contribution in [0.15, 0.2) is 36.4 Å². The highest BCUT2D eigenvalue weighted by Gasteiger charge is 2.28. The maximum absolute atomic E-state index is 12.9. The molecule has 5 heteroatoms. The lowest BCUT2D eigenvalue weighted by atomic mass is 9.98. The van der Waals surface area contributed by atoms with E-state index in [1.165, 1.54) is 26.2 Å². The van der Waals surface area contributed by atoms with E-state index < -0.39 is 0 Å². The summed E-state index contributed by atoms with van der Waals surface area (Å²) in [4.78, 5) is 27.0. The topological polar surface area (TPSA) is 61.4 Å². The van der Waals surface area contributed by atoms with E-state index in [9.17, 15) is 9.59 Å². The molecule has 0 aromatic heterocycles. The van der Waals surface area contributed by atoms with Crippen molar-refractivity contribution in [1.82, 2.24) is 10.2 Å². The van der Waals surface area contributed by atoms with Crippen LogP contribution in [0.4, 0.5) is 5.69 Å². The van der Waals surface area contributed by atoms with Gasteiger partial charge in [-0.05, 0) is 62.7 Å². The monoisotopic (exact) mass is 367 g/mol. The lowest BCUT2D eigenvalue weighted by Gasteiger charge is -2.41. The molecule has 5 nitrogen and oxygen atoms in total. The number of anilines is 1. The number of nitrogens with zero attached hydrogens (tertiary/aromatic N) is 1. The Balaban J connectivity index is 1.80. The first kappa shape index (κ1) is 19.4. The fraction of sp³-hybridized carbons (Fsp3) is 0.455. The highest BCUT2D eigenvalue weighted by molar-refractivity contribution is 6.07. The van der Waals surface area contributed by atoms with Gasteiger partial charge < -0.3 is 10.6 Å². The second-order valence-corrected chi connectivity index (χ2v) is 7.97. The molecule has 0 aliphatic carbocycles. The Morgan fingerprint density at radius 3 is 2.30 bits per heavy atom. The summed E-state index contributed by atoms with van der Waals surface area (Å²) < 4.78 is 0. The van der Waals surface area contributed by atoms with Crippen LogP contribution < -0.4 is 10.6 Å². The lowest BCUT2D eigenvalue weighted by Crippen LogP contribution is -2.53. The number of rotatable bonds is 5. The number of hydrogen-bond donors (Lipinski definition) is 2. The number of hydrogen-bond acceptors (Lipinski definition) is 3. The number of fused-ring (bicyclic) bond motifs is 1. The third kappa shape index (κ3) is 4.66. The predicted molar refractivity (Wildman–Crippen MR) is 110 cm³/mol. The Bertz CT molecular complexity index is 839. The number of benzene rings is 2. The van der Waals surface area contributed by atoms with Gasteiger partial charge in [0.25, 0.3) is 5.91 Å². The highest BCUT2D eigenvalue weighted by Crippen LogP contribution is 2.25. The van der Waals surface area contributed by atoms with Crippen molar-refractivity contribution >= 4 is 28.3 Å². The van der Waals surface area contributed by atoms with Gasteiger partial charge in [0, 0.05) is 19.0 Å². The summed E-state index contributed by atoms with van der Waals surface area (Å²) >= 11 is 0. The Hall–Kier alpha value is -2.40. The van der Waals surface area contributed by atoms with Gasteiger partial charge in [0.2, 0.25) is 5.91 Å². The standard InChI is InChI=1S/C22H29N3O2/c1-16(26)24-20-14-18-10-6-5-9-17(18)13-19(20)21(27)23-15-22(2,3)25-11-7-4-8-12-25/h5-6,9-10,13-14H,4,7-8,11-12,15H2,1-3H3,(H,23,27)(H,24,26). The number of piperidine rings is 1. The average molecular weight is 367 g/mol. The van der Waals surface area contributed by atoms with Crippen molar-refractivity contribution in [2.45, 2.75) is 45.6 Å². The smallest absolute Gasteiger partial charge is 0.253 e. The normalized spacial score (nSPS) is 15.5. The van der Waals surface area contributed by atoms with Gasteiger partial charge in [0.1, 0.15) is 0 Å². The number of carbonyl (C=O) groups is 2. The summed E-state index contributed by atoms with van der Waals surface area (Å²) in [6, 6.07) is 11.6. The van der Waals surface area contributed by atoms with Gasteiger partial charge >= 0.3 is 0 Å². The Kier molecular flexibility index (Phi) is 5.80. The molecule has 0 bridgehead atoms. The van der Waals surface area contributed by atoms with Crippen LogP contribution in [0.3, 0.4) is 0 Å². The van der Waals surface area contributed by atoms with Crippen molar-refractivity contribution in [1.29, 1.82) is 0 Å². The van der Waals surface area contributed by atoms with E-state index in [0.29, 0.717) is 17.8 Å². The van der Waals surface area contributed by atoms with Crippen molar-refractivity contribution in [3.05, 3.63) is 42.0 Å². The minimum absolute atomic E-state index is 0.0961. The zero-order chi connectivity index (χ0) is 19.4. The second kappa shape index (κ2) is 8.09. The second-order valence-electron chi connectivity index (χ2n) is 7.97. The molecule has 3 rings (SSSR count). The molecule has 0 saturated carbocycles. The number of nitrogens with one attached hydrogen (secondary N) is 2. The zero-order valence-corrected chi connectivity index (χ0v) is 16.5. The molecule has 0 unspecified atom stereocenters. The molecule has 0 atom stereocenters. The van der Waals surface area contributed by atoms with E-state index in [2.05, 4.69) is 29.4 Å². The fourth-order valence-corrected chi connectivity index (χ4v) is 3.72. The molecule has 2 aromatic carbocycles. The molecule has 27 heavy (non-hydrogen) atoms. The summed E-state index contributed by atoms with van der Waals surface area (Å²) in [6.45, 7) is 8.53. The van der Waals surface area contributed by atoms with E-state index in [1.807, 2.05) is 36.4 Å². The molecule has 2 N–H and O–H groups in total. The van der Waals surface area contributed by atoms with Gasteiger partial charge in [0.05, 0.1) is 11.3 Å². The minimum atomic E-state index is -0.187. The molecular weight excluding hydrogens is 338 g/mol. The molecule has 0 spiro atoms. The fourth-order valence-electron chi connectivity index (χ4n) is 3.72. The van der Waals surface area contributed by atoms with Crippen LogP contribution in [0, 0.1) is 0 Å². The third-order valence-corrected chi connectivity index (χ3v) is 5.33. The summed E-state index contributed by atoms with van der Waals surface area (Å²) in [6.07, 6.45) is 3.72. The molecule has 1 saturated heterocycles. The van der Waals surface area contributed by atoms with E-state index in [-0.39, 0.29) is 17.4 Å². The van der Waals surface area contributed by atoms with Crippen LogP contribution in [0.5, 0.6) is 0 Å². The first-order valence-electron chi connectivity index (χ1n) is 9.70. The summed E-state index contributed by atoms with van der Waals surface area (Å²) in [5, 5.41) is 7.85. The van der Waals surface area contributed by atoms with Crippen molar-refractivity contribution < 1.29 is 9.59 Å². The molecule has 1 aliphatic heterocycles. The third-order valence-electron chi connectivity index (χ3n) is 5.33. The first-order chi connectivity index (χ1) is 12.9. The molecule has 2 aromatic rings. The van der Waals surface area contributed by atoms with E-state index >= 15 is 0 Å². The van der Waals surface area contributed by atoms with E-state index in [4.69, 9.17) is 0 Å². The quantitative estimate of drug-likeness (QED) is 0.845. The van der Waals surface area contributed by atoms with Crippen LogP contribution in [0.2, 0.25) is 0 Å². The Morgan fingerprint density at radius 2 is 1.67 bits per heavy atom. The molecular formula is C22H29N3O2. The van der Waals surface area contributed by atoms with Crippen molar-refractivity contribution in [3.8, 4) is 0 Å². The Morgan fingerprint density at radius 1 is 1.04 bits per heavy atom. The van der Waals surface area contributed by atoms with Gasteiger partial charge in [-0.25, -0.2) is 0 Å². The Labute approximate surface area is 161 Å². The minimum Gasteiger partial charge on any atom is -0.350 e. The van der Waals surface area contributed by atoms with Gasteiger partial charge in [0.15, 0.2) is 0 Å². The van der Waals surface area contributed by atoms with Crippen molar-refractivity contribution in [2.24, 2.45) is 0 Å². The van der Waals surface area contributed by atoms with E-state index in [1.54, 1.807) is 0 Å². The van der Waals surface area contributed by atoms with E-state index in [0.717, 1.165) is 23.9 Å². The zero-order valence-electron chi connectivity index (χ0n) is 16.5. The van der Waals surface area contributed by atoms with Gasteiger partial charge in [-0.1, -0.05) is 30.7 Å². The largest absolute Gasteiger partial charge is 0.350 e. The molecule has 144 valence electrons. The SMILES string of the molecule is CC(=O)Nc1cc2ccccc2cc1C(=O)NCC(C)(C)N1CCCCC1. The van der Waals surface area contributed by atoms with Gasteiger partial charge in [-0.15, -0.1) is 0 Å². The van der Waals surface area contributed by atoms with Crippen LogP contribution in [0.1, 0.15) is 50.4 Å². The van der Waals surface area contributed by atoms with Gasteiger partial charge in [-0.3, -0.25) is 14.5 Å². The lowest BCUT2D eigenvalue weighted by molar-refractivity contribution is -0.114. The number of likely N-dealkylation sites (tertiary alicyclic amines) is 1. The molecule has 1 fully saturated rings. The highest BCUT2D eigenvalue weighted by atomic mass is 16.2. The average Bonchev–Trinajstić information content (AvgIpc) is 2.66. The van der Waals surface area contributed by atoms with Crippen LogP contribution in [0.25, 0.3) is 10.8 Å². The van der Waals surface area contributed by atoms with Crippen LogP contribution in [-0.4, -0.2) is 41.9 Å². The summed E-state index contributed by atoms with van der Waals surface area (Å²) in [5.41, 5.74) is 0.953. The first-order valence-corrected chi connectivity index (χ1v) is 9.70. The molecule has 0 radical (unpaired) electrons. The van der Waals surface area contributed by atoms with Crippen LogP contribution >= 0.6 is 0 Å². The summed E-state index contributed by atoms with van der Waals surface area (Å²) in [7, 11) is 0. The predicted octanol–water partition coefficient (Wildman–Crippen LogP) is 3.79. The molecule has 2 amide bonds. The van der Waals surface area contributed by atoms with Crippen LogP contribution in [-0.2, 0) is 4.79 Å². The summed E-state index contributed by atoms with van der Waals surface area (Å²) in [5.74, 6) is -0.345. The van der Waals surface area contributed by atoms with Gasteiger partial charge in [-0.2, -0.15) is 0 Å². The molecule has 1 aliphatic rings. The maximum Gasteiger partial charge on any atom is 0.253 e. The number of amides is 2. The number of carbonyl (C=O) groups excluding carboxylic acids is 2. The van der Waals surface area contributed by atoms with Crippen molar-refractivity contribution in [2.75, 3.05) is 25.0 Å². The maximum atomic E-state index is 12.9. The van der Waals surface area contributed by atoms with Crippen molar-refractivity contribution in [3.63, 3.8) is 0 Å².